The van der Waals surface area contributed by atoms with Gasteiger partial charge in [0.05, 0.1) is 6.26 Å². The number of carbonyl (C=O) groups excluding carboxylic acids is 1. The monoisotopic (exact) mass is 189 g/mol. The molecule has 1 heterocycles. The van der Waals surface area contributed by atoms with Gasteiger partial charge in [-0.25, -0.2) is 0 Å². The Morgan fingerprint density at radius 2 is 2.57 bits per heavy atom. The van der Waals surface area contributed by atoms with Gasteiger partial charge in [-0.3, -0.25) is 4.79 Å². The highest BCUT2D eigenvalue weighted by molar-refractivity contribution is 5.91. The third-order valence-electron chi connectivity index (χ3n) is 1.51. The minimum Gasteiger partial charge on any atom is -0.465 e. The van der Waals surface area contributed by atoms with Crippen LogP contribution in [0.25, 0.3) is 6.08 Å². The molecule has 0 saturated heterocycles. The molecule has 3 heteroatoms. The average Bonchev–Trinajstić information content (AvgIpc) is 2.68. The molecule has 0 atom stereocenters. The molecule has 0 aromatic carbocycles. The molecule has 0 aliphatic heterocycles. The van der Waals surface area contributed by atoms with Crippen LogP contribution in [0.15, 0.2) is 28.9 Å². The van der Waals surface area contributed by atoms with Crippen LogP contribution in [0.4, 0.5) is 0 Å². The van der Waals surface area contributed by atoms with E-state index in [9.17, 15) is 4.79 Å². The van der Waals surface area contributed by atoms with Crippen LogP contribution in [0.1, 0.15) is 12.2 Å². The van der Waals surface area contributed by atoms with Crippen molar-refractivity contribution in [1.82, 2.24) is 5.32 Å². The molecule has 0 bridgehead atoms. The van der Waals surface area contributed by atoms with Crippen LogP contribution in [0.5, 0.6) is 0 Å². The standard InChI is InChI=1S/C11H11NO2/c1-2-3-8-12-11(13)7-6-10-5-4-9-14-10/h1,4-7,9H,3,8H2,(H,12,13)/b7-6+. The van der Waals surface area contributed by atoms with Gasteiger partial charge < -0.3 is 9.73 Å². The van der Waals surface area contributed by atoms with E-state index >= 15 is 0 Å². The van der Waals surface area contributed by atoms with Gasteiger partial charge in [0.1, 0.15) is 5.76 Å². The van der Waals surface area contributed by atoms with Crippen molar-refractivity contribution >= 4 is 12.0 Å². The molecule has 0 radical (unpaired) electrons. The predicted octanol–water partition coefficient (Wildman–Crippen LogP) is 1.43. The van der Waals surface area contributed by atoms with Gasteiger partial charge in [-0.1, -0.05) is 0 Å². The molecule has 1 amide bonds. The molecule has 0 aliphatic carbocycles. The lowest BCUT2D eigenvalue weighted by atomic mass is 10.3. The SMILES string of the molecule is C#CCCNC(=O)/C=C/c1ccco1. The normalized spacial score (nSPS) is 9.93. The quantitative estimate of drug-likeness (QED) is 0.442. The van der Waals surface area contributed by atoms with E-state index in [1.807, 2.05) is 0 Å². The topological polar surface area (TPSA) is 42.2 Å². The molecule has 1 aromatic rings. The average molecular weight is 189 g/mol. The zero-order valence-corrected chi connectivity index (χ0v) is 7.69. The van der Waals surface area contributed by atoms with Gasteiger partial charge in [-0.05, 0) is 18.2 Å². The fraction of sp³-hybridized carbons (Fsp3) is 0.182. The van der Waals surface area contributed by atoms with E-state index < -0.39 is 0 Å². The van der Waals surface area contributed by atoms with Crippen molar-refractivity contribution in [3.05, 3.63) is 30.2 Å². The van der Waals surface area contributed by atoms with Gasteiger partial charge in [-0.15, -0.1) is 12.3 Å². The third kappa shape index (κ3) is 3.63. The number of rotatable bonds is 4. The molecular formula is C11H11NO2. The second kappa shape index (κ2) is 5.65. The molecule has 1 rings (SSSR count). The minimum atomic E-state index is -0.170. The van der Waals surface area contributed by atoms with Crippen LogP contribution >= 0.6 is 0 Å². The van der Waals surface area contributed by atoms with Crippen LogP contribution in [0.3, 0.4) is 0 Å². The fourth-order valence-electron chi connectivity index (χ4n) is 0.861. The maximum absolute atomic E-state index is 11.1. The molecule has 0 spiro atoms. The summed E-state index contributed by atoms with van der Waals surface area (Å²) in [5.41, 5.74) is 0. The number of hydrogen-bond donors (Lipinski definition) is 1. The van der Waals surface area contributed by atoms with Crippen molar-refractivity contribution < 1.29 is 9.21 Å². The highest BCUT2D eigenvalue weighted by Crippen LogP contribution is 2.01. The second-order valence-corrected chi connectivity index (χ2v) is 2.59. The summed E-state index contributed by atoms with van der Waals surface area (Å²) in [7, 11) is 0. The van der Waals surface area contributed by atoms with Crippen LogP contribution in [0, 0.1) is 12.3 Å². The first-order chi connectivity index (χ1) is 6.83. The Hall–Kier alpha value is -1.95. The number of nitrogens with one attached hydrogen (secondary N) is 1. The molecule has 0 unspecified atom stereocenters. The summed E-state index contributed by atoms with van der Waals surface area (Å²) in [6, 6.07) is 3.53. The Morgan fingerprint density at radius 3 is 3.21 bits per heavy atom. The van der Waals surface area contributed by atoms with E-state index in [1.54, 1.807) is 24.5 Å². The lowest BCUT2D eigenvalue weighted by Crippen LogP contribution is -2.21. The maximum Gasteiger partial charge on any atom is 0.244 e. The highest BCUT2D eigenvalue weighted by Gasteiger charge is 1.93. The summed E-state index contributed by atoms with van der Waals surface area (Å²) in [4.78, 5) is 11.1. The number of hydrogen-bond acceptors (Lipinski definition) is 2. The van der Waals surface area contributed by atoms with Crippen LogP contribution in [0.2, 0.25) is 0 Å². The summed E-state index contributed by atoms with van der Waals surface area (Å²) in [6.07, 6.45) is 10.1. The Labute approximate surface area is 82.8 Å². The van der Waals surface area contributed by atoms with Crippen molar-refractivity contribution in [2.75, 3.05) is 6.54 Å². The lowest BCUT2D eigenvalue weighted by molar-refractivity contribution is -0.116. The summed E-state index contributed by atoms with van der Waals surface area (Å²) in [5, 5.41) is 2.64. The summed E-state index contributed by atoms with van der Waals surface area (Å²) >= 11 is 0. The van der Waals surface area contributed by atoms with Crippen molar-refractivity contribution in [1.29, 1.82) is 0 Å². The molecule has 72 valence electrons. The molecular weight excluding hydrogens is 178 g/mol. The van der Waals surface area contributed by atoms with E-state index in [2.05, 4.69) is 11.2 Å². The first kappa shape index (κ1) is 10.1. The largest absolute Gasteiger partial charge is 0.465 e. The van der Waals surface area contributed by atoms with Gasteiger partial charge in [0.25, 0.3) is 0 Å². The highest BCUT2D eigenvalue weighted by atomic mass is 16.3. The number of carbonyl (C=O) groups is 1. The molecule has 1 aromatic heterocycles. The smallest absolute Gasteiger partial charge is 0.244 e. The van der Waals surface area contributed by atoms with E-state index in [0.717, 1.165) is 0 Å². The van der Waals surface area contributed by atoms with E-state index in [-0.39, 0.29) is 5.91 Å². The van der Waals surface area contributed by atoms with Gasteiger partial charge in [-0.2, -0.15) is 0 Å². The van der Waals surface area contributed by atoms with Crippen molar-refractivity contribution in [3.8, 4) is 12.3 Å². The van der Waals surface area contributed by atoms with E-state index in [4.69, 9.17) is 10.8 Å². The number of amides is 1. The van der Waals surface area contributed by atoms with Crippen molar-refractivity contribution in [3.63, 3.8) is 0 Å². The minimum absolute atomic E-state index is 0.170. The molecule has 3 nitrogen and oxygen atoms in total. The summed E-state index contributed by atoms with van der Waals surface area (Å²) in [5.74, 6) is 2.92. The Bertz CT molecular complexity index is 344. The third-order valence-corrected chi connectivity index (χ3v) is 1.51. The Kier molecular flexibility index (Phi) is 4.09. The van der Waals surface area contributed by atoms with Gasteiger partial charge in [0.15, 0.2) is 0 Å². The van der Waals surface area contributed by atoms with E-state index in [1.165, 1.54) is 6.08 Å². The second-order valence-electron chi connectivity index (χ2n) is 2.59. The lowest BCUT2D eigenvalue weighted by Gasteiger charge is -1.95. The molecule has 1 N–H and O–H groups in total. The van der Waals surface area contributed by atoms with Crippen LogP contribution in [-0.4, -0.2) is 12.5 Å². The Morgan fingerprint density at radius 1 is 1.71 bits per heavy atom. The van der Waals surface area contributed by atoms with Gasteiger partial charge >= 0.3 is 0 Å². The van der Waals surface area contributed by atoms with Crippen LogP contribution in [-0.2, 0) is 4.79 Å². The Balaban J connectivity index is 2.31. The number of terminal acetylenes is 1. The fourth-order valence-corrected chi connectivity index (χ4v) is 0.861. The predicted molar refractivity (Wildman–Crippen MR) is 54.2 cm³/mol. The summed E-state index contributed by atoms with van der Waals surface area (Å²) < 4.78 is 5.01. The van der Waals surface area contributed by atoms with Gasteiger partial charge in [0.2, 0.25) is 5.91 Å². The van der Waals surface area contributed by atoms with E-state index in [0.29, 0.717) is 18.7 Å². The first-order valence-electron chi connectivity index (χ1n) is 4.26. The summed E-state index contributed by atoms with van der Waals surface area (Å²) in [6.45, 7) is 0.498. The molecule has 0 aliphatic rings. The zero-order chi connectivity index (χ0) is 10.2. The maximum atomic E-state index is 11.1. The zero-order valence-electron chi connectivity index (χ0n) is 7.69. The van der Waals surface area contributed by atoms with Gasteiger partial charge in [0, 0.05) is 19.0 Å². The number of furan rings is 1. The molecule has 0 fully saturated rings. The molecule has 14 heavy (non-hydrogen) atoms. The van der Waals surface area contributed by atoms with Crippen molar-refractivity contribution in [2.24, 2.45) is 0 Å². The molecule has 0 saturated carbocycles. The van der Waals surface area contributed by atoms with Crippen molar-refractivity contribution in [2.45, 2.75) is 6.42 Å². The first-order valence-corrected chi connectivity index (χ1v) is 4.26. The van der Waals surface area contributed by atoms with Crippen LogP contribution < -0.4 is 5.32 Å².